The van der Waals surface area contributed by atoms with Gasteiger partial charge in [-0.05, 0) is 13.1 Å². The van der Waals surface area contributed by atoms with Gasteiger partial charge in [0.25, 0.3) is 0 Å². The van der Waals surface area contributed by atoms with Crippen LogP contribution in [-0.4, -0.2) is 39.5 Å². The highest BCUT2D eigenvalue weighted by molar-refractivity contribution is 5.79. The molecular weight excluding hydrogens is 194 g/mol. The highest BCUT2D eigenvalue weighted by Gasteiger charge is 2.03. The zero-order valence-corrected chi connectivity index (χ0v) is 8.67. The molecule has 0 unspecified atom stereocenters. The Morgan fingerprint density at radius 2 is 2.20 bits per heavy atom. The molecule has 6 nitrogen and oxygen atoms in total. The van der Waals surface area contributed by atoms with Crippen LogP contribution in [-0.2, 0) is 6.54 Å². The molecule has 1 aromatic rings. The van der Waals surface area contributed by atoms with Gasteiger partial charge in [-0.3, -0.25) is 4.90 Å². The van der Waals surface area contributed by atoms with Crippen LogP contribution in [0, 0.1) is 0 Å². The molecule has 82 valence electrons. The van der Waals surface area contributed by atoms with Crippen molar-refractivity contribution < 1.29 is 5.21 Å². The molecule has 0 radical (unpaired) electrons. The Labute approximate surface area is 88.4 Å². The molecule has 0 saturated carbocycles. The van der Waals surface area contributed by atoms with E-state index in [4.69, 9.17) is 10.9 Å². The van der Waals surface area contributed by atoms with Crippen LogP contribution in [0.15, 0.2) is 23.6 Å². The normalized spacial score (nSPS) is 12.0. The second kappa shape index (κ2) is 5.92. The van der Waals surface area contributed by atoms with Crippen LogP contribution in [0.3, 0.4) is 0 Å². The van der Waals surface area contributed by atoms with Crippen LogP contribution >= 0.6 is 0 Å². The van der Waals surface area contributed by atoms with Crippen molar-refractivity contribution in [1.29, 1.82) is 0 Å². The predicted octanol–water partition coefficient (Wildman–Crippen LogP) is 0.0449. The van der Waals surface area contributed by atoms with Crippen LogP contribution in [0.2, 0.25) is 0 Å². The molecule has 0 atom stereocenters. The van der Waals surface area contributed by atoms with E-state index >= 15 is 0 Å². The molecule has 0 aliphatic heterocycles. The maximum absolute atomic E-state index is 8.36. The Bertz CT molecular complexity index is 314. The summed E-state index contributed by atoms with van der Waals surface area (Å²) in [6, 6.07) is 1.78. The summed E-state index contributed by atoms with van der Waals surface area (Å²) in [7, 11) is 1.93. The Hall–Kier alpha value is -1.69. The Morgan fingerprint density at radius 3 is 2.80 bits per heavy atom. The van der Waals surface area contributed by atoms with E-state index in [2.05, 4.69) is 15.1 Å². The third-order valence-corrected chi connectivity index (χ3v) is 1.91. The highest BCUT2D eigenvalue weighted by Crippen LogP contribution is 1.95. The van der Waals surface area contributed by atoms with Crippen LogP contribution < -0.4 is 5.73 Å². The average Bonchev–Trinajstić information content (AvgIpc) is 2.27. The van der Waals surface area contributed by atoms with E-state index in [1.165, 1.54) is 0 Å². The van der Waals surface area contributed by atoms with Crippen molar-refractivity contribution in [3.63, 3.8) is 0 Å². The minimum Gasteiger partial charge on any atom is -0.409 e. The molecule has 15 heavy (non-hydrogen) atoms. The van der Waals surface area contributed by atoms with Crippen molar-refractivity contribution in [1.82, 2.24) is 14.9 Å². The number of nitrogens with two attached hydrogens (primary N) is 1. The lowest BCUT2D eigenvalue weighted by molar-refractivity contribution is 0.307. The summed E-state index contributed by atoms with van der Waals surface area (Å²) in [5.74, 6) is 0.996. The minimum atomic E-state index is 0.232. The van der Waals surface area contributed by atoms with Crippen molar-refractivity contribution in [2.24, 2.45) is 10.9 Å². The first-order valence-corrected chi connectivity index (χ1v) is 4.63. The molecular formula is C9H15N5O. The number of aromatic nitrogens is 2. The van der Waals surface area contributed by atoms with Gasteiger partial charge in [0.2, 0.25) is 0 Å². The molecule has 0 aliphatic carbocycles. The van der Waals surface area contributed by atoms with E-state index in [0.717, 1.165) is 5.82 Å². The van der Waals surface area contributed by atoms with Gasteiger partial charge < -0.3 is 10.9 Å². The molecule has 1 aromatic heterocycles. The highest BCUT2D eigenvalue weighted by atomic mass is 16.4. The molecule has 0 bridgehead atoms. The Morgan fingerprint density at radius 1 is 1.53 bits per heavy atom. The van der Waals surface area contributed by atoms with Gasteiger partial charge in [0, 0.05) is 25.4 Å². The summed E-state index contributed by atoms with van der Waals surface area (Å²) in [5, 5.41) is 11.3. The van der Waals surface area contributed by atoms with Crippen molar-refractivity contribution in [2.45, 2.75) is 13.0 Å². The van der Waals surface area contributed by atoms with Gasteiger partial charge in [-0.1, -0.05) is 5.16 Å². The fourth-order valence-corrected chi connectivity index (χ4v) is 1.09. The molecule has 0 saturated heterocycles. The van der Waals surface area contributed by atoms with E-state index in [0.29, 0.717) is 19.5 Å². The third-order valence-electron chi connectivity index (χ3n) is 1.91. The van der Waals surface area contributed by atoms with Gasteiger partial charge in [0.1, 0.15) is 11.7 Å². The second-order valence-electron chi connectivity index (χ2n) is 3.24. The lowest BCUT2D eigenvalue weighted by atomic mass is 10.3. The fraction of sp³-hybridized carbons (Fsp3) is 0.444. The monoisotopic (exact) mass is 209 g/mol. The summed E-state index contributed by atoms with van der Waals surface area (Å²) in [6.07, 6.45) is 3.94. The van der Waals surface area contributed by atoms with Crippen LogP contribution in [0.5, 0.6) is 0 Å². The summed E-state index contributed by atoms with van der Waals surface area (Å²) >= 11 is 0. The van der Waals surface area contributed by atoms with Gasteiger partial charge in [0.15, 0.2) is 0 Å². The SMILES string of the molecule is CN(CCC(N)=NO)Cc1ncccn1. The zero-order chi connectivity index (χ0) is 11.1. The van der Waals surface area contributed by atoms with Gasteiger partial charge in [-0.15, -0.1) is 0 Å². The summed E-state index contributed by atoms with van der Waals surface area (Å²) in [5.41, 5.74) is 5.36. The molecule has 3 N–H and O–H groups in total. The largest absolute Gasteiger partial charge is 0.409 e. The average molecular weight is 209 g/mol. The van der Waals surface area contributed by atoms with Crippen molar-refractivity contribution >= 4 is 5.84 Å². The number of amidine groups is 1. The van der Waals surface area contributed by atoms with E-state index in [1.807, 2.05) is 11.9 Å². The summed E-state index contributed by atoms with van der Waals surface area (Å²) < 4.78 is 0. The maximum Gasteiger partial charge on any atom is 0.142 e. The molecule has 0 aromatic carbocycles. The summed E-state index contributed by atoms with van der Waals surface area (Å²) in [6.45, 7) is 1.35. The van der Waals surface area contributed by atoms with E-state index < -0.39 is 0 Å². The quantitative estimate of drug-likeness (QED) is 0.309. The second-order valence-corrected chi connectivity index (χ2v) is 3.24. The zero-order valence-electron chi connectivity index (χ0n) is 8.67. The topological polar surface area (TPSA) is 87.6 Å². The van der Waals surface area contributed by atoms with Crippen molar-refractivity contribution in [2.75, 3.05) is 13.6 Å². The molecule has 0 amide bonds. The molecule has 0 aliphatic rings. The number of oxime groups is 1. The Balaban J connectivity index is 2.33. The maximum atomic E-state index is 8.36. The number of rotatable bonds is 5. The van der Waals surface area contributed by atoms with E-state index in [-0.39, 0.29) is 5.84 Å². The van der Waals surface area contributed by atoms with Gasteiger partial charge in [-0.2, -0.15) is 0 Å². The van der Waals surface area contributed by atoms with Crippen LogP contribution in [0.1, 0.15) is 12.2 Å². The molecule has 0 fully saturated rings. The Kier molecular flexibility index (Phi) is 4.49. The first-order valence-electron chi connectivity index (χ1n) is 4.63. The first-order chi connectivity index (χ1) is 7.22. The minimum absolute atomic E-state index is 0.232. The van der Waals surface area contributed by atoms with Gasteiger partial charge in [-0.25, -0.2) is 9.97 Å². The van der Waals surface area contributed by atoms with Crippen molar-refractivity contribution in [3.05, 3.63) is 24.3 Å². The molecule has 6 heteroatoms. The lowest BCUT2D eigenvalue weighted by Gasteiger charge is -2.14. The standard InChI is InChI=1S/C9H15N5O/c1-14(6-3-8(10)13-15)7-9-11-4-2-5-12-9/h2,4-5,15H,3,6-7H2,1H3,(H2,10,13). The summed E-state index contributed by atoms with van der Waals surface area (Å²) in [4.78, 5) is 10.2. The molecule has 1 rings (SSSR count). The van der Waals surface area contributed by atoms with Gasteiger partial charge >= 0.3 is 0 Å². The van der Waals surface area contributed by atoms with Gasteiger partial charge in [0.05, 0.1) is 6.54 Å². The number of hydrogen-bond acceptors (Lipinski definition) is 5. The van der Waals surface area contributed by atoms with E-state index in [9.17, 15) is 0 Å². The van der Waals surface area contributed by atoms with E-state index in [1.54, 1.807) is 18.5 Å². The van der Waals surface area contributed by atoms with Crippen LogP contribution in [0.25, 0.3) is 0 Å². The molecule has 0 spiro atoms. The number of hydrogen-bond donors (Lipinski definition) is 2. The molecule has 1 heterocycles. The third kappa shape index (κ3) is 4.37. The first kappa shape index (κ1) is 11.4. The predicted molar refractivity (Wildman–Crippen MR) is 56.4 cm³/mol. The van der Waals surface area contributed by atoms with Crippen LogP contribution in [0.4, 0.5) is 0 Å². The van der Waals surface area contributed by atoms with Crippen molar-refractivity contribution in [3.8, 4) is 0 Å². The number of nitrogens with zero attached hydrogens (tertiary/aromatic N) is 4. The lowest BCUT2D eigenvalue weighted by Crippen LogP contribution is -2.25. The fourth-order valence-electron chi connectivity index (χ4n) is 1.09. The smallest absolute Gasteiger partial charge is 0.142 e.